The van der Waals surface area contributed by atoms with Crippen molar-refractivity contribution in [1.29, 1.82) is 0 Å². The Kier molecular flexibility index (Phi) is 3.42. The van der Waals surface area contributed by atoms with Gasteiger partial charge in [-0.1, -0.05) is 36.4 Å². The third kappa shape index (κ3) is 2.17. The van der Waals surface area contributed by atoms with Gasteiger partial charge in [0.25, 0.3) is 5.91 Å². The van der Waals surface area contributed by atoms with Gasteiger partial charge in [0.1, 0.15) is 0 Å². The molecular formula is C16H18N2O2. The van der Waals surface area contributed by atoms with Crippen LogP contribution in [0.1, 0.15) is 10.4 Å². The first-order valence-corrected chi connectivity index (χ1v) is 6.82. The number of benzene rings is 2. The normalized spacial score (nSPS) is 22.1. The van der Waals surface area contributed by atoms with Crippen molar-refractivity contribution in [3.63, 3.8) is 0 Å². The molecule has 1 fully saturated rings. The summed E-state index contributed by atoms with van der Waals surface area (Å²) in [4.78, 5) is 14.3. The zero-order valence-corrected chi connectivity index (χ0v) is 11.4. The van der Waals surface area contributed by atoms with Crippen molar-refractivity contribution < 1.29 is 9.90 Å². The molecule has 0 radical (unpaired) electrons. The topological polar surface area (TPSA) is 52.6 Å². The Morgan fingerprint density at radius 3 is 2.70 bits per heavy atom. The molecule has 20 heavy (non-hydrogen) atoms. The van der Waals surface area contributed by atoms with E-state index in [1.54, 1.807) is 11.9 Å². The smallest absolute Gasteiger partial charge is 0.254 e. The van der Waals surface area contributed by atoms with Crippen LogP contribution in [-0.4, -0.2) is 48.2 Å². The Morgan fingerprint density at radius 1 is 1.20 bits per heavy atom. The standard InChI is InChI=1S/C16H18N2O2/c1-18(14-9-17-10-15(14)19)16(20)13-8-4-6-11-5-2-3-7-12(11)13/h2-8,14-15,17,19H,9-10H2,1H3/t14-,15-/m1/s1. The molecule has 0 bridgehead atoms. The molecule has 0 aliphatic carbocycles. The minimum absolute atomic E-state index is 0.0467. The predicted molar refractivity (Wildman–Crippen MR) is 78.7 cm³/mol. The summed E-state index contributed by atoms with van der Waals surface area (Å²) in [5.41, 5.74) is 0.685. The molecule has 2 atom stereocenters. The highest BCUT2D eigenvalue weighted by atomic mass is 16.3. The number of β-amino-alcohol motifs (C(OH)–C–C–N with tert-alkyl or cyclic N) is 1. The minimum Gasteiger partial charge on any atom is -0.390 e. The van der Waals surface area contributed by atoms with Crippen molar-refractivity contribution in [2.24, 2.45) is 0 Å². The van der Waals surface area contributed by atoms with Gasteiger partial charge in [0, 0.05) is 25.7 Å². The molecule has 0 saturated carbocycles. The van der Waals surface area contributed by atoms with Crippen molar-refractivity contribution in [1.82, 2.24) is 10.2 Å². The van der Waals surface area contributed by atoms with E-state index in [0.717, 1.165) is 10.8 Å². The van der Waals surface area contributed by atoms with E-state index in [1.165, 1.54) is 0 Å². The van der Waals surface area contributed by atoms with Gasteiger partial charge in [-0.05, 0) is 16.8 Å². The van der Waals surface area contributed by atoms with Crippen LogP contribution in [0.5, 0.6) is 0 Å². The van der Waals surface area contributed by atoms with E-state index in [9.17, 15) is 9.90 Å². The summed E-state index contributed by atoms with van der Waals surface area (Å²) in [5, 5.41) is 15.0. The summed E-state index contributed by atoms with van der Waals surface area (Å²) in [6.07, 6.45) is -0.501. The number of hydrogen-bond donors (Lipinski definition) is 2. The van der Waals surface area contributed by atoms with Crippen molar-refractivity contribution in [2.45, 2.75) is 12.1 Å². The average molecular weight is 270 g/mol. The van der Waals surface area contributed by atoms with E-state index in [-0.39, 0.29) is 11.9 Å². The summed E-state index contributed by atoms with van der Waals surface area (Å²) >= 11 is 0. The van der Waals surface area contributed by atoms with Crippen LogP contribution in [0.4, 0.5) is 0 Å². The second-order valence-electron chi connectivity index (χ2n) is 5.24. The number of nitrogens with one attached hydrogen (secondary N) is 1. The number of hydrogen-bond acceptors (Lipinski definition) is 3. The molecule has 4 nitrogen and oxygen atoms in total. The Labute approximate surface area is 118 Å². The largest absolute Gasteiger partial charge is 0.390 e. The molecule has 1 heterocycles. The molecule has 104 valence electrons. The van der Waals surface area contributed by atoms with Crippen molar-refractivity contribution in [3.8, 4) is 0 Å². The Balaban J connectivity index is 1.96. The first-order chi connectivity index (χ1) is 9.68. The zero-order valence-electron chi connectivity index (χ0n) is 11.4. The maximum Gasteiger partial charge on any atom is 0.254 e. The van der Waals surface area contributed by atoms with Gasteiger partial charge in [0.05, 0.1) is 12.1 Å². The lowest BCUT2D eigenvalue weighted by molar-refractivity contribution is 0.0583. The van der Waals surface area contributed by atoms with Crippen LogP contribution in [-0.2, 0) is 0 Å². The molecule has 2 N–H and O–H groups in total. The van der Waals surface area contributed by atoms with Gasteiger partial charge >= 0.3 is 0 Å². The molecule has 0 aromatic heterocycles. The van der Waals surface area contributed by atoms with Crippen molar-refractivity contribution in [3.05, 3.63) is 48.0 Å². The Bertz CT molecular complexity index is 636. The number of nitrogens with zero attached hydrogens (tertiary/aromatic N) is 1. The summed E-state index contributed by atoms with van der Waals surface area (Å²) in [7, 11) is 1.75. The number of rotatable bonds is 2. The fraction of sp³-hybridized carbons (Fsp3) is 0.312. The molecular weight excluding hydrogens is 252 g/mol. The Hall–Kier alpha value is -1.91. The third-order valence-corrected chi connectivity index (χ3v) is 3.99. The maximum absolute atomic E-state index is 12.7. The second kappa shape index (κ2) is 5.23. The third-order valence-electron chi connectivity index (χ3n) is 3.99. The Morgan fingerprint density at radius 2 is 1.95 bits per heavy atom. The van der Waals surface area contributed by atoms with Gasteiger partial charge in [0.2, 0.25) is 0 Å². The van der Waals surface area contributed by atoms with Gasteiger partial charge in [-0.3, -0.25) is 4.79 Å². The molecule has 1 aliphatic rings. The summed E-state index contributed by atoms with van der Waals surface area (Å²) < 4.78 is 0. The quantitative estimate of drug-likeness (QED) is 0.863. The SMILES string of the molecule is CN(C(=O)c1cccc2ccccc12)[C@@H]1CNC[C@H]1O. The molecule has 1 saturated heterocycles. The van der Waals surface area contributed by atoms with Crippen LogP contribution in [0.2, 0.25) is 0 Å². The number of amides is 1. The number of carbonyl (C=O) groups is 1. The number of aliphatic hydroxyl groups is 1. The van der Waals surface area contributed by atoms with Crippen molar-refractivity contribution >= 4 is 16.7 Å². The van der Waals surface area contributed by atoms with Gasteiger partial charge in [-0.2, -0.15) is 0 Å². The van der Waals surface area contributed by atoms with Crippen LogP contribution in [0.15, 0.2) is 42.5 Å². The number of likely N-dealkylation sites (N-methyl/N-ethyl adjacent to an activating group) is 1. The number of carbonyl (C=O) groups excluding carboxylic acids is 1. The lowest BCUT2D eigenvalue weighted by Gasteiger charge is -2.27. The number of aliphatic hydroxyl groups excluding tert-OH is 1. The molecule has 2 aromatic carbocycles. The molecule has 2 aromatic rings. The molecule has 0 unspecified atom stereocenters. The lowest BCUT2D eigenvalue weighted by Crippen LogP contribution is -2.44. The van der Waals surface area contributed by atoms with Gasteiger partial charge < -0.3 is 15.3 Å². The highest BCUT2D eigenvalue weighted by Gasteiger charge is 2.31. The monoisotopic (exact) mass is 270 g/mol. The van der Waals surface area contributed by atoms with Gasteiger partial charge in [-0.15, -0.1) is 0 Å². The highest BCUT2D eigenvalue weighted by molar-refractivity contribution is 6.07. The van der Waals surface area contributed by atoms with Gasteiger partial charge in [-0.25, -0.2) is 0 Å². The maximum atomic E-state index is 12.7. The van der Waals surface area contributed by atoms with E-state index in [2.05, 4.69) is 5.32 Å². The summed E-state index contributed by atoms with van der Waals surface area (Å²) in [5.74, 6) is -0.0467. The fourth-order valence-electron chi connectivity index (χ4n) is 2.80. The lowest BCUT2D eigenvalue weighted by atomic mass is 10.0. The summed E-state index contributed by atoms with van der Waals surface area (Å²) in [6.45, 7) is 1.17. The molecule has 1 aliphatic heterocycles. The number of fused-ring (bicyclic) bond motifs is 1. The van der Waals surface area contributed by atoms with E-state index >= 15 is 0 Å². The van der Waals surface area contributed by atoms with E-state index in [1.807, 2.05) is 42.5 Å². The van der Waals surface area contributed by atoms with Crippen LogP contribution in [0, 0.1) is 0 Å². The summed E-state index contributed by atoms with van der Waals surface area (Å²) in [6, 6.07) is 13.4. The van der Waals surface area contributed by atoms with Crippen molar-refractivity contribution in [2.75, 3.05) is 20.1 Å². The predicted octanol–water partition coefficient (Wildman–Crippen LogP) is 1.24. The van der Waals surface area contributed by atoms with E-state index in [4.69, 9.17) is 0 Å². The molecule has 1 amide bonds. The molecule has 0 spiro atoms. The average Bonchev–Trinajstić information content (AvgIpc) is 2.91. The van der Waals surface area contributed by atoms with Crippen LogP contribution < -0.4 is 5.32 Å². The van der Waals surface area contributed by atoms with Crippen LogP contribution >= 0.6 is 0 Å². The molecule has 3 rings (SSSR count). The second-order valence-corrected chi connectivity index (χ2v) is 5.24. The fourth-order valence-corrected chi connectivity index (χ4v) is 2.80. The van der Waals surface area contributed by atoms with E-state index in [0.29, 0.717) is 18.7 Å². The first-order valence-electron chi connectivity index (χ1n) is 6.82. The van der Waals surface area contributed by atoms with Crippen LogP contribution in [0.3, 0.4) is 0 Å². The molecule has 4 heteroatoms. The van der Waals surface area contributed by atoms with Gasteiger partial charge in [0.15, 0.2) is 0 Å². The van der Waals surface area contributed by atoms with Crippen LogP contribution in [0.25, 0.3) is 10.8 Å². The van der Waals surface area contributed by atoms with E-state index < -0.39 is 6.10 Å². The highest BCUT2D eigenvalue weighted by Crippen LogP contribution is 2.21. The zero-order chi connectivity index (χ0) is 14.1. The first kappa shape index (κ1) is 13.1. The minimum atomic E-state index is -0.501.